The normalized spacial score (nSPS) is 27.4. The monoisotopic (exact) mass is 300 g/mol. The van der Waals surface area contributed by atoms with E-state index in [1.165, 1.54) is 12.8 Å². The molecule has 2 amide bonds. The van der Waals surface area contributed by atoms with Crippen LogP contribution >= 0.6 is 11.8 Å². The lowest BCUT2D eigenvalue weighted by Crippen LogP contribution is -2.51. The fourth-order valence-electron chi connectivity index (χ4n) is 2.87. The van der Waals surface area contributed by atoms with Crippen LogP contribution in [0, 0.1) is 0 Å². The van der Waals surface area contributed by atoms with E-state index in [-0.39, 0.29) is 16.8 Å². The van der Waals surface area contributed by atoms with Crippen LogP contribution in [-0.4, -0.2) is 53.3 Å². The Kier molecular flexibility index (Phi) is 5.61. The molecular formula is C15H28N2O2S. The molecule has 2 saturated heterocycles. The molecule has 0 spiro atoms. The molecule has 2 aliphatic heterocycles. The van der Waals surface area contributed by atoms with Crippen molar-refractivity contribution in [1.82, 2.24) is 10.2 Å². The third kappa shape index (κ3) is 4.85. The third-order valence-corrected chi connectivity index (χ3v) is 5.33. The predicted molar refractivity (Wildman–Crippen MR) is 84.3 cm³/mol. The van der Waals surface area contributed by atoms with Crippen LogP contribution in [0.5, 0.6) is 0 Å². The van der Waals surface area contributed by atoms with Crippen molar-refractivity contribution in [3.63, 3.8) is 0 Å². The number of carbonyl (C=O) groups is 1. The fourth-order valence-corrected chi connectivity index (χ4v) is 3.98. The second-order valence-corrected chi connectivity index (χ2v) is 8.39. The van der Waals surface area contributed by atoms with Gasteiger partial charge in [0.25, 0.3) is 0 Å². The van der Waals surface area contributed by atoms with Gasteiger partial charge in [0.1, 0.15) is 0 Å². The minimum atomic E-state index is 0.0956. The summed E-state index contributed by atoms with van der Waals surface area (Å²) in [6.07, 6.45) is 4.84. The Morgan fingerprint density at radius 2 is 2.35 bits per heavy atom. The fraction of sp³-hybridized carbons (Fsp3) is 0.933. The van der Waals surface area contributed by atoms with Crippen LogP contribution in [0.15, 0.2) is 0 Å². The van der Waals surface area contributed by atoms with Gasteiger partial charge < -0.3 is 15.0 Å². The van der Waals surface area contributed by atoms with Gasteiger partial charge in [-0.25, -0.2) is 4.79 Å². The largest absolute Gasteiger partial charge is 0.378 e. The lowest BCUT2D eigenvalue weighted by molar-refractivity contribution is 0.0999. The smallest absolute Gasteiger partial charge is 0.317 e. The van der Waals surface area contributed by atoms with Gasteiger partial charge in [-0.15, -0.1) is 0 Å². The first-order valence-corrected chi connectivity index (χ1v) is 8.76. The second kappa shape index (κ2) is 7.03. The standard InChI is InChI=1S/C15H28N2O2S/c1-12(6-7-13-5-4-9-19-13)16-14(18)17-8-10-20-15(2,3)11-17/h12-13H,4-11H2,1-3H3,(H,16,18)/t12-,13+/m1/s1. The average molecular weight is 300 g/mol. The SMILES string of the molecule is C[C@H](CC[C@@H]1CCCO1)NC(=O)N1CCSC(C)(C)C1. The van der Waals surface area contributed by atoms with Crippen LogP contribution in [0.4, 0.5) is 4.79 Å². The average Bonchev–Trinajstić information content (AvgIpc) is 2.88. The predicted octanol–water partition coefficient (Wildman–Crippen LogP) is 2.87. The number of nitrogens with one attached hydrogen (secondary N) is 1. The molecule has 0 aromatic heterocycles. The van der Waals surface area contributed by atoms with Gasteiger partial charge in [-0.1, -0.05) is 0 Å². The van der Waals surface area contributed by atoms with Gasteiger partial charge in [0.15, 0.2) is 0 Å². The number of ether oxygens (including phenoxy) is 1. The van der Waals surface area contributed by atoms with E-state index in [4.69, 9.17) is 4.74 Å². The maximum atomic E-state index is 12.3. The van der Waals surface area contributed by atoms with Gasteiger partial charge in [0, 0.05) is 36.2 Å². The lowest BCUT2D eigenvalue weighted by atomic mass is 10.1. The van der Waals surface area contributed by atoms with E-state index >= 15 is 0 Å². The second-order valence-electron chi connectivity index (χ2n) is 6.59. The summed E-state index contributed by atoms with van der Waals surface area (Å²) in [4.78, 5) is 14.2. The zero-order chi connectivity index (χ0) is 14.6. The molecule has 4 nitrogen and oxygen atoms in total. The van der Waals surface area contributed by atoms with Crippen molar-refractivity contribution in [1.29, 1.82) is 0 Å². The van der Waals surface area contributed by atoms with Crippen LogP contribution in [0.2, 0.25) is 0 Å². The van der Waals surface area contributed by atoms with Crippen LogP contribution in [0.3, 0.4) is 0 Å². The van der Waals surface area contributed by atoms with Gasteiger partial charge in [0.2, 0.25) is 0 Å². The number of nitrogens with zero attached hydrogens (tertiary/aromatic N) is 1. The highest BCUT2D eigenvalue weighted by atomic mass is 32.2. The Hall–Kier alpha value is -0.420. The number of thioether (sulfide) groups is 1. The molecule has 0 bridgehead atoms. The molecule has 5 heteroatoms. The third-order valence-electron chi connectivity index (χ3n) is 4.03. The van der Waals surface area contributed by atoms with Crippen LogP contribution in [-0.2, 0) is 4.74 Å². The summed E-state index contributed by atoms with van der Waals surface area (Å²) < 4.78 is 5.80. The van der Waals surface area contributed by atoms with Crippen LogP contribution in [0.25, 0.3) is 0 Å². The van der Waals surface area contributed by atoms with E-state index in [0.29, 0.717) is 6.10 Å². The van der Waals surface area contributed by atoms with Crippen molar-refractivity contribution in [2.75, 3.05) is 25.4 Å². The molecule has 0 aliphatic carbocycles. The van der Waals surface area contributed by atoms with E-state index in [0.717, 1.165) is 38.3 Å². The molecular weight excluding hydrogens is 272 g/mol. The summed E-state index contributed by atoms with van der Waals surface area (Å²) >= 11 is 1.95. The van der Waals surface area contributed by atoms with Crippen molar-refractivity contribution in [2.24, 2.45) is 0 Å². The highest BCUT2D eigenvalue weighted by Crippen LogP contribution is 2.29. The molecule has 20 heavy (non-hydrogen) atoms. The van der Waals surface area contributed by atoms with E-state index in [9.17, 15) is 4.79 Å². The number of carbonyl (C=O) groups excluding carboxylic acids is 1. The van der Waals surface area contributed by atoms with Crippen molar-refractivity contribution in [3.05, 3.63) is 0 Å². The maximum absolute atomic E-state index is 12.3. The number of rotatable bonds is 4. The lowest BCUT2D eigenvalue weighted by Gasteiger charge is -2.38. The van der Waals surface area contributed by atoms with Gasteiger partial charge in [0.05, 0.1) is 6.10 Å². The van der Waals surface area contributed by atoms with Gasteiger partial charge in [-0.2, -0.15) is 11.8 Å². The van der Waals surface area contributed by atoms with E-state index < -0.39 is 0 Å². The molecule has 116 valence electrons. The van der Waals surface area contributed by atoms with Crippen molar-refractivity contribution < 1.29 is 9.53 Å². The Morgan fingerprint density at radius 1 is 1.55 bits per heavy atom. The van der Waals surface area contributed by atoms with Crippen molar-refractivity contribution in [2.45, 2.75) is 63.3 Å². The summed E-state index contributed by atoms with van der Waals surface area (Å²) in [7, 11) is 0. The molecule has 2 fully saturated rings. The minimum Gasteiger partial charge on any atom is -0.378 e. The summed E-state index contributed by atoms with van der Waals surface area (Å²) in [5, 5.41) is 3.13. The molecule has 0 saturated carbocycles. The van der Waals surface area contributed by atoms with Crippen LogP contribution in [0.1, 0.15) is 46.5 Å². The topological polar surface area (TPSA) is 41.6 Å². The van der Waals surface area contributed by atoms with Gasteiger partial charge in [-0.3, -0.25) is 0 Å². The molecule has 0 aromatic rings. The van der Waals surface area contributed by atoms with E-state index in [1.54, 1.807) is 0 Å². The number of hydrogen-bond donors (Lipinski definition) is 1. The highest BCUT2D eigenvalue weighted by Gasteiger charge is 2.30. The highest BCUT2D eigenvalue weighted by molar-refractivity contribution is 8.00. The van der Waals surface area contributed by atoms with Gasteiger partial charge in [-0.05, 0) is 46.5 Å². The summed E-state index contributed by atoms with van der Waals surface area (Å²) in [6, 6.07) is 0.322. The first-order valence-electron chi connectivity index (χ1n) is 7.77. The Labute approximate surface area is 127 Å². The molecule has 2 rings (SSSR count). The molecule has 0 radical (unpaired) electrons. The maximum Gasteiger partial charge on any atom is 0.317 e. The number of amides is 2. The number of hydrogen-bond acceptors (Lipinski definition) is 3. The van der Waals surface area contributed by atoms with E-state index in [2.05, 4.69) is 26.1 Å². The molecule has 0 aromatic carbocycles. The summed E-state index contributed by atoms with van der Waals surface area (Å²) in [6.45, 7) is 9.11. The molecule has 2 aliphatic rings. The zero-order valence-corrected chi connectivity index (χ0v) is 13.8. The number of urea groups is 1. The Morgan fingerprint density at radius 3 is 3.00 bits per heavy atom. The Bertz CT molecular complexity index is 330. The molecule has 1 N–H and O–H groups in total. The van der Waals surface area contributed by atoms with Crippen molar-refractivity contribution in [3.8, 4) is 0 Å². The van der Waals surface area contributed by atoms with Crippen molar-refractivity contribution >= 4 is 17.8 Å². The van der Waals surface area contributed by atoms with E-state index in [1.807, 2.05) is 16.7 Å². The molecule has 2 atom stereocenters. The molecule has 2 heterocycles. The summed E-state index contributed by atoms with van der Waals surface area (Å²) in [5.41, 5.74) is 0. The summed E-state index contributed by atoms with van der Waals surface area (Å²) in [5.74, 6) is 1.03. The van der Waals surface area contributed by atoms with Crippen LogP contribution < -0.4 is 5.32 Å². The first kappa shape index (κ1) is 16.0. The Balaban J connectivity index is 1.70. The van der Waals surface area contributed by atoms with Gasteiger partial charge >= 0.3 is 6.03 Å². The minimum absolute atomic E-state index is 0.0956. The zero-order valence-electron chi connectivity index (χ0n) is 13.0. The first-order chi connectivity index (χ1) is 9.46. The molecule has 0 unspecified atom stereocenters. The quantitative estimate of drug-likeness (QED) is 0.868.